The Balaban J connectivity index is 0.00000240. The molecular weight excluding hydrogens is 386 g/mol. The highest BCUT2D eigenvalue weighted by Gasteiger charge is 2.23. The summed E-state index contributed by atoms with van der Waals surface area (Å²) in [5.74, 6) is 1.19. The summed E-state index contributed by atoms with van der Waals surface area (Å²) >= 11 is 0. The molecule has 0 aliphatic carbocycles. The Morgan fingerprint density at radius 2 is 1.83 bits per heavy atom. The maximum Gasteiger partial charge on any atom is 0.228 e. The summed E-state index contributed by atoms with van der Waals surface area (Å²) in [5.41, 5.74) is 3.58. The van der Waals surface area contributed by atoms with E-state index in [-0.39, 0.29) is 18.2 Å². The molecule has 1 aromatic heterocycles. The molecule has 3 aromatic rings. The number of halogens is 1. The average Bonchev–Trinajstić information content (AvgIpc) is 3.34. The number of hydrogen-bond acceptors (Lipinski definition) is 4. The lowest BCUT2D eigenvalue weighted by atomic mass is 10.0. The lowest BCUT2D eigenvalue weighted by Crippen LogP contribution is -2.22. The van der Waals surface area contributed by atoms with E-state index in [4.69, 9.17) is 9.15 Å². The number of carbonyl (C=O) groups excluding carboxylic acids is 1. The van der Waals surface area contributed by atoms with Crippen LogP contribution in [0.15, 0.2) is 46.9 Å². The lowest BCUT2D eigenvalue weighted by Gasteiger charge is -2.14. The summed E-state index contributed by atoms with van der Waals surface area (Å²) in [6.07, 6.45) is 3.36. The van der Waals surface area contributed by atoms with Gasteiger partial charge in [0.2, 0.25) is 5.78 Å². The minimum atomic E-state index is -0.0617. The van der Waals surface area contributed by atoms with Crippen LogP contribution in [0.5, 0.6) is 5.75 Å². The van der Waals surface area contributed by atoms with Crippen LogP contribution in [0.25, 0.3) is 11.0 Å². The number of likely N-dealkylation sites (tertiary alicyclic amines) is 1. The van der Waals surface area contributed by atoms with Crippen LogP contribution < -0.4 is 4.74 Å². The van der Waals surface area contributed by atoms with Gasteiger partial charge in [-0.1, -0.05) is 12.1 Å². The number of rotatable bonds is 7. The molecule has 1 aliphatic heterocycles. The van der Waals surface area contributed by atoms with Crippen molar-refractivity contribution in [3.05, 3.63) is 64.9 Å². The Hall–Kier alpha value is -2.30. The average molecular weight is 414 g/mol. The van der Waals surface area contributed by atoms with E-state index in [2.05, 4.69) is 17.0 Å². The van der Waals surface area contributed by atoms with Crippen LogP contribution in [0, 0.1) is 6.92 Å². The van der Waals surface area contributed by atoms with Crippen molar-refractivity contribution in [3.63, 3.8) is 0 Å². The molecule has 1 aliphatic rings. The predicted molar refractivity (Wildman–Crippen MR) is 119 cm³/mol. The Labute approximate surface area is 178 Å². The highest BCUT2D eigenvalue weighted by atomic mass is 35.5. The zero-order valence-electron chi connectivity index (χ0n) is 17.1. The second-order valence-corrected chi connectivity index (χ2v) is 7.49. The van der Waals surface area contributed by atoms with Gasteiger partial charge >= 0.3 is 0 Å². The molecule has 0 atom stereocenters. The Morgan fingerprint density at radius 1 is 1.10 bits per heavy atom. The smallest absolute Gasteiger partial charge is 0.228 e. The molecule has 29 heavy (non-hydrogen) atoms. The van der Waals surface area contributed by atoms with Crippen LogP contribution in [0.1, 0.15) is 47.0 Å². The first-order chi connectivity index (χ1) is 13.7. The largest absolute Gasteiger partial charge is 0.494 e. The highest BCUT2D eigenvalue weighted by molar-refractivity contribution is 6.10. The van der Waals surface area contributed by atoms with Gasteiger partial charge in [-0.2, -0.15) is 0 Å². The minimum absolute atomic E-state index is 0. The number of carbonyl (C=O) groups is 1. The van der Waals surface area contributed by atoms with Gasteiger partial charge in [0, 0.05) is 23.1 Å². The summed E-state index contributed by atoms with van der Waals surface area (Å²) in [7, 11) is 0. The molecule has 4 rings (SSSR count). The second kappa shape index (κ2) is 9.47. The second-order valence-electron chi connectivity index (χ2n) is 7.49. The van der Waals surface area contributed by atoms with E-state index >= 15 is 0 Å². The number of ether oxygens (including phenoxy) is 1. The van der Waals surface area contributed by atoms with Crippen LogP contribution in [0.2, 0.25) is 0 Å². The van der Waals surface area contributed by atoms with Gasteiger partial charge in [0.05, 0.1) is 6.61 Å². The van der Waals surface area contributed by atoms with E-state index in [1.807, 2.05) is 44.2 Å². The van der Waals surface area contributed by atoms with Crippen molar-refractivity contribution in [2.45, 2.75) is 33.1 Å². The van der Waals surface area contributed by atoms with Gasteiger partial charge in [-0.15, -0.1) is 12.4 Å². The summed E-state index contributed by atoms with van der Waals surface area (Å²) in [5, 5.41) is 1.05. The van der Waals surface area contributed by atoms with Crippen LogP contribution in [0.4, 0.5) is 0 Å². The van der Waals surface area contributed by atoms with Crippen molar-refractivity contribution in [3.8, 4) is 5.75 Å². The maximum atomic E-state index is 13.2. The van der Waals surface area contributed by atoms with Crippen molar-refractivity contribution in [1.29, 1.82) is 0 Å². The summed E-state index contributed by atoms with van der Waals surface area (Å²) in [4.78, 5) is 15.7. The number of nitrogens with zero attached hydrogens (tertiary/aromatic N) is 1. The zero-order chi connectivity index (χ0) is 19.5. The molecule has 0 N–H and O–H groups in total. The molecule has 0 unspecified atom stereocenters. The summed E-state index contributed by atoms with van der Waals surface area (Å²) < 4.78 is 11.6. The third-order valence-corrected chi connectivity index (χ3v) is 5.46. The zero-order valence-corrected chi connectivity index (χ0v) is 17.9. The molecular formula is C24H28ClNO3. The standard InChI is InChI=1S/C24H27NO3.ClH/c1-3-27-19-9-7-18(8-10-19)23(26)24-21(12-15-25-13-4-5-14-25)20-11-6-17(2)16-22(20)28-24;/h6-11,16H,3-5,12-15H2,1-2H3;1H. The normalized spacial score (nSPS) is 14.1. The topological polar surface area (TPSA) is 42.7 Å². The van der Waals surface area contributed by atoms with Crippen LogP contribution in [0.3, 0.4) is 0 Å². The Morgan fingerprint density at radius 3 is 2.52 bits per heavy atom. The molecule has 0 spiro atoms. The number of ketones is 1. The molecule has 0 radical (unpaired) electrons. The molecule has 0 saturated carbocycles. The first kappa shape index (κ1) is 21.4. The molecule has 1 saturated heterocycles. The monoisotopic (exact) mass is 413 g/mol. The molecule has 4 nitrogen and oxygen atoms in total. The van der Waals surface area contributed by atoms with Gasteiger partial charge in [0.25, 0.3) is 0 Å². The molecule has 0 amide bonds. The SMILES string of the molecule is CCOc1ccc(C(=O)c2oc3cc(C)ccc3c2CCN2CCCC2)cc1.Cl. The quantitative estimate of drug-likeness (QED) is 0.484. The van der Waals surface area contributed by atoms with Crippen LogP contribution in [-0.2, 0) is 6.42 Å². The van der Waals surface area contributed by atoms with Gasteiger partial charge in [0.15, 0.2) is 5.76 Å². The summed E-state index contributed by atoms with van der Waals surface area (Å²) in [6.45, 7) is 7.86. The van der Waals surface area contributed by atoms with Crippen molar-refractivity contribution in [1.82, 2.24) is 4.90 Å². The van der Waals surface area contributed by atoms with E-state index in [1.54, 1.807) is 0 Å². The number of hydrogen-bond donors (Lipinski definition) is 0. The number of aryl methyl sites for hydroxylation is 1. The van der Waals surface area contributed by atoms with Crippen molar-refractivity contribution in [2.75, 3.05) is 26.2 Å². The molecule has 154 valence electrons. The van der Waals surface area contributed by atoms with Gasteiger partial charge in [-0.05, 0) is 82.1 Å². The number of fused-ring (bicyclic) bond motifs is 1. The first-order valence-corrected chi connectivity index (χ1v) is 10.2. The van der Waals surface area contributed by atoms with E-state index in [0.29, 0.717) is 17.9 Å². The minimum Gasteiger partial charge on any atom is -0.494 e. The molecule has 2 heterocycles. The van der Waals surface area contributed by atoms with Crippen LogP contribution >= 0.6 is 12.4 Å². The number of benzene rings is 2. The van der Waals surface area contributed by atoms with Crippen LogP contribution in [-0.4, -0.2) is 36.9 Å². The third-order valence-electron chi connectivity index (χ3n) is 5.46. The third kappa shape index (κ3) is 4.65. The molecule has 0 bridgehead atoms. The Bertz CT molecular complexity index is 972. The fourth-order valence-electron chi connectivity index (χ4n) is 3.97. The van der Waals surface area contributed by atoms with E-state index in [1.165, 1.54) is 12.8 Å². The fraction of sp³-hybridized carbons (Fsp3) is 0.375. The fourth-order valence-corrected chi connectivity index (χ4v) is 3.97. The number of furan rings is 1. The molecule has 2 aromatic carbocycles. The Kier molecular flexibility index (Phi) is 6.99. The van der Waals surface area contributed by atoms with E-state index in [0.717, 1.165) is 53.9 Å². The van der Waals surface area contributed by atoms with Crippen molar-refractivity contribution >= 4 is 29.2 Å². The lowest BCUT2D eigenvalue weighted by molar-refractivity contribution is 0.101. The predicted octanol–water partition coefficient (Wildman–Crippen LogP) is 5.43. The van der Waals surface area contributed by atoms with Crippen molar-refractivity contribution in [2.24, 2.45) is 0 Å². The maximum absolute atomic E-state index is 13.2. The summed E-state index contributed by atoms with van der Waals surface area (Å²) in [6, 6.07) is 13.5. The van der Waals surface area contributed by atoms with Gasteiger partial charge in [-0.25, -0.2) is 0 Å². The molecule has 5 heteroatoms. The highest BCUT2D eigenvalue weighted by Crippen LogP contribution is 2.30. The van der Waals surface area contributed by atoms with E-state index < -0.39 is 0 Å². The van der Waals surface area contributed by atoms with Gasteiger partial charge in [-0.3, -0.25) is 4.79 Å². The molecule has 1 fully saturated rings. The van der Waals surface area contributed by atoms with Gasteiger partial charge < -0.3 is 14.1 Å². The van der Waals surface area contributed by atoms with Crippen molar-refractivity contribution < 1.29 is 13.9 Å². The van der Waals surface area contributed by atoms with Gasteiger partial charge in [0.1, 0.15) is 11.3 Å². The first-order valence-electron chi connectivity index (χ1n) is 10.2. The van der Waals surface area contributed by atoms with E-state index in [9.17, 15) is 4.79 Å².